The van der Waals surface area contributed by atoms with Gasteiger partial charge in [-0.15, -0.1) is 5.10 Å². The summed E-state index contributed by atoms with van der Waals surface area (Å²) in [6.45, 7) is 6.31. The third-order valence-corrected chi connectivity index (χ3v) is 2.70. The predicted molar refractivity (Wildman–Crippen MR) is 63.7 cm³/mol. The Morgan fingerprint density at radius 2 is 1.88 bits per heavy atom. The molecule has 2 rings (SSSR count). The summed E-state index contributed by atoms with van der Waals surface area (Å²) in [6, 6.07) is 4.16. The summed E-state index contributed by atoms with van der Waals surface area (Å²) >= 11 is 0. The lowest BCUT2D eigenvalue weighted by atomic mass is 10.1. The van der Waals surface area contributed by atoms with Gasteiger partial charge in [-0.2, -0.15) is 0 Å². The van der Waals surface area contributed by atoms with Gasteiger partial charge in [-0.1, -0.05) is 17.2 Å². The van der Waals surface area contributed by atoms with Crippen LogP contribution in [-0.4, -0.2) is 10.2 Å². The zero-order valence-corrected chi connectivity index (χ0v) is 10.2. The molecular weight excluding hydrogens is 218 g/mol. The summed E-state index contributed by atoms with van der Waals surface area (Å²) in [7, 11) is 0. The zero-order valence-electron chi connectivity index (χ0n) is 10.2. The van der Waals surface area contributed by atoms with Gasteiger partial charge in [0.25, 0.3) is 5.89 Å². The molecule has 0 fully saturated rings. The Bertz CT molecular complexity index is 535. The monoisotopic (exact) mass is 233 g/mol. The molecule has 2 N–H and O–H groups in total. The van der Waals surface area contributed by atoms with Crippen molar-refractivity contribution in [2.75, 3.05) is 5.73 Å². The van der Waals surface area contributed by atoms with E-state index in [0.717, 1.165) is 16.9 Å². The number of hydrogen-bond acceptors (Lipinski definition) is 5. The second kappa shape index (κ2) is 4.45. The van der Waals surface area contributed by atoms with E-state index in [1.165, 1.54) is 5.56 Å². The van der Waals surface area contributed by atoms with E-state index in [0.29, 0.717) is 5.89 Å². The summed E-state index contributed by atoms with van der Waals surface area (Å²) in [5.41, 5.74) is 8.73. The van der Waals surface area contributed by atoms with E-state index in [4.69, 9.17) is 14.9 Å². The fourth-order valence-electron chi connectivity index (χ4n) is 1.61. The number of hydrogen-bond donors (Lipinski definition) is 1. The minimum absolute atomic E-state index is 0.0567. The van der Waals surface area contributed by atoms with E-state index < -0.39 is 0 Å². The molecule has 0 bridgehead atoms. The molecule has 5 heteroatoms. The van der Waals surface area contributed by atoms with Gasteiger partial charge in [0.2, 0.25) is 0 Å². The normalized spacial score (nSPS) is 10.5. The maximum Gasteiger partial charge on any atom is 0.312 e. The first-order valence-electron chi connectivity index (χ1n) is 5.35. The van der Waals surface area contributed by atoms with Gasteiger partial charge in [0.1, 0.15) is 5.75 Å². The average Bonchev–Trinajstić information content (AvgIpc) is 2.70. The molecule has 0 spiro atoms. The molecule has 0 radical (unpaired) electrons. The molecule has 1 heterocycles. The number of aromatic nitrogens is 2. The Morgan fingerprint density at radius 1 is 1.18 bits per heavy atom. The van der Waals surface area contributed by atoms with Gasteiger partial charge in [-0.05, 0) is 37.5 Å². The number of rotatable bonds is 3. The summed E-state index contributed by atoms with van der Waals surface area (Å²) < 4.78 is 10.7. The maximum absolute atomic E-state index is 5.70. The van der Waals surface area contributed by atoms with Crippen LogP contribution in [0.4, 0.5) is 6.01 Å². The Hall–Kier alpha value is -2.04. The Labute approximate surface area is 99.6 Å². The Balaban J connectivity index is 2.16. The molecule has 0 aliphatic rings. The fourth-order valence-corrected chi connectivity index (χ4v) is 1.61. The summed E-state index contributed by atoms with van der Waals surface area (Å²) in [6.07, 6.45) is 0. The van der Waals surface area contributed by atoms with Gasteiger partial charge in [0, 0.05) is 0 Å². The van der Waals surface area contributed by atoms with Crippen LogP contribution in [0.25, 0.3) is 0 Å². The van der Waals surface area contributed by atoms with Crippen molar-refractivity contribution in [3.05, 3.63) is 34.7 Å². The molecule has 0 aliphatic heterocycles. The van der Waals surface area contributed by atoms with Crippen LogP contribution in [0, 0.1) is 20.8 Å². The third-order valence-electron chi connectivity index (χ3n) is 2.70. The molecule has 0 saturated carbocycles. The minimum atomic E-state index is 0.0567. The molecule has 2 aromatic rings. The van der Waals surface area contributed by atoms with Crippen molar-refractivity contribution in [1.29, 1.82) is 0 Å². The molecule has 90 valence electrons. The number of anilines is 1. The maximum atomic E-state index is 5.70. The average molecular weight is 233 g/mol. The van der Waals surface area contributed by atoms with Crippen molar-refractivity contribution >= 4 is 6.01 Å². The van der Waals surface area contributed by atoms with Crippen molar-refractivity contribution in [3.8, 4) is 5.75 Å². The lowest BCUT2D eigenvalue weighted by Crippen LogP contribution is -2.00. The largest absolute Gasteiger partial charge is 0.483 e. The van der Waals surface area contributed by atoms with Crippen LogP contribution in [0.5, 0.6) is 5.75 Å². The molecule has 1 aromatic carbocycles. The molecule has 0 saturated heterocycles. The number of nitrogens with two attached hydrogens (primary N) is 1. The second-order valence-electron chi connectivity index (χ2n) is 3.98. The highest BCUT2D eigenvalue weighted by molar-refractivity contribution is 5.44. The van der Waals surface area contributed by atoms with E-state index in [2.05, 4.69) is 16.3 Å². The first-order chi connectivity index (χ1) is 8.08. The first kappa shape index (κ1) is 11.4. The summed E-state index contributed by atoms with van der Waals surface area (Å²) in [5, 5.41) is 7.32. The SMILES string of the molecule is Cc1ccc(C)c(OCc2nnc(N)o2)c1C. The fraction of sp³-hybridized carbons (Fsp3) is 0.333. The lowest BCUT2D eigenvalue weighted by Gasteiger charge is -2.12. The van der Waals surface area contributed by atoms with Crippen LogP contribution in [0.3, 0.4) is 0 Å². The van der Waals surface area contributed by atoms with Crippen LogP contribution >= 0.6 is 0 Å². The van der Waals surface area contributed by atoms with Crippen LogP contribution in [-0.2, 0) is 6.61 Å². The quantitative estimate of drug-likeness (QED) is 0.879. The van der Waals surface area contributed by atoms with Gasteiger partial charge in [-0.25, -0.2) is 0 Å². The second-order valence-corrected chi connectivity index (χ2v) is 3.98. The van der Waals surface area contributed by atoms with Crippen molar-refractivity contribution in [3.63, 3.8) is 0 Å². The smallest absolute Gasteiger partial charge is 0.312 e. The molecule has 0 unspecified atom stereocenters. The van der Waals surface area contributed by atoms with Gasteiger partial charge in [0.05, 0.1) is 0 Å². The number of ether oxygens (including phenoxy) is 1. The van der Waals surface area contributed by atoms with E-state index in [1.54, 1.807) is 0 Å². The van der Waals surface area contributed by atoms with Crippen molar-refractivity contribution in [2.45, 2.75) is 27.4 Å². The van der Waals surface area contributed by atoms with Gasteiger partial charge in [0.15, 0.2) is 6.61 Å². The first-order valence-corrected chi connectivity index (χ1v) is 5.35. The number of aryl methyl sites for hydroxylation is 2. The van der Waals surface area contributed by atoms with Crippen LogP contribution < -0.4 is 10.5 Å². The minimum Gasteiger partial charge on any atom is -0.483 e. The Morgan fingerprint density at radius 3 is 2.53 bits per heavy atom. The number of nitrogens with zero attached hydrogens (tertiary/aromatic N) is 2. The van der Waals surface area contributed by atoms with Crippen LogP contribution in [0.2, 0.25) is 0 Å². The summed E-state index contributed by atoms with van der Waals surface area (Å²) in [5.74, 6) is 1.24. The van der Waals surface area contributed by atoms with Gasteiger partial charge in [-0.3, -0.25) is 0 Å². The molecule has 5 nitrogen and oxygen atoms in total. The van der Waals surface area contributed by atoms with Crippen molar-refractivity contribution in [1.82, 2.24) is 10.2 Å². The highest BCUT2D eigenvalue weighted by Crippen LogP contribution is 2.26. The summed E-state index contributed by atoms with van der Waals surface area (Å²) in [4.78, 5) is 0. The third kappa shape index (κ3) is 2.38. The molecular formula is C12H15N3O2. The van der Waals surface area contributed by atoms with E-state index >= 15 is 0 Å². The standard InChI is InChI=1S/C12H15N3O2/c1-7-4-5-8(2)11(9(7)3)16-6-10-14-15-12(13)17-10/h4-5H,6H2,1-3H3,(H2,13,15). The van der Waals surface area contributed by atoms with E-state index in [1.807, 2.05) is 26.8 Å². The molecule has 0 aliphatic carbocycles. The topological polar surface area (TPSA) is 74.2 Å². The molecule has 0 amide bonds. The van der Waals surface area contributed by atoms with E-state index in [-0.39, 0.29) is 12.6 Å². The zero-order chi connectivity index (χ0) is 12.4. The predicted octanol–water partition coefficient (Wildman–Crippen LogP) is 2.16. The number of benzene rings is 1. The molecule has 1 aromatic heterocycles. The van der Waals surface area contributed by atoms with E-state index in [9.17, 15) is 0 Å². The lowest BCUT2D eigenvalue weighted by molar-refractivity contribution is 0.261. The van der Waals surface area contributed by atoms with Gasteiger partial charge < -0.3 is 14.9 Å². The van der Waals surface area contributed by atoms with Crippen molar-refractivity contribution < 1.29 is 9.15 Å². The van der Waals surface area contributed by atoms with Gasteiger partial charge >= 0.3 is 6.01 Å². The van der Waals surface area contributed by atoms with Crippen LogP contribution in [0.1, 0.15) is 22.6 Å². The highest BCUT2D eigenvalue weighted by atomic mass is 16.5. The van der Waals surface area contributed by atoms with Crippen molar-refractivity contribution in [2.24, 2.45) is 0 Å². The highest BCUT2D eigenvalue weighted by Gasteiger charge is 2.09. The molecule has 0 atom stereocenters. The van der Waals surface area contributed by atoms with Crippen LogP contribution in [0.15, 0.2) is 16.5 Å². The molecule has 17 heavy (non-hydrogen) atoms. The number of nitrogen functional groups attached to an aromatic ring is 1. The Kier molecular flexibility index (Phi) is 2.99.